The van der Waals surface area contributed by atoms with E-state index in [1.165, 1.54) is 0 Å². The summed E-state index contributed by atoms with van der Waals surface area (Å²) in [6, 6.07) is 13.8. The third-order valence-electron chi connectivity index (χ3n) is 4.22. The molecule has 158 valence electrons. The van der Waals surface area contributed by atoms with E-state index < -0.39 is 29.9 Å². The van der Waals surface area contributed by atoms with E-state index in [-0.39, 0.29) is 6.42 Å². The van der Waals surface area contributed by atoms with Crippen LogP contribution in [0.25, 0.3) is 0 Å². The van der Waals surface area contributed by atoms with Crippen molar-refractivity contribution in [2.75, 3.05) is 11.9 Å². The average molecular weight is 413 g/mol. The molecule has 0 aromatic heterocycles. The number of hydrogen-bond donors (Lipinski definition) is 3. The van der Waals surface area contributed by atoms with E-state index in [1.54, 1.807) is 55.5 Å². The minimum absolute atomic E-state index is 0.255. The van der Waals surface area contributed by atoms with Gasteiger partial charge in [-0.2, -0.15) is 0 Å². The second-order valence-corrected chi connectivity index (χ2v) is 6.50. The predicted molar refractivity (Wildman–Crippen MR) is 108 cm³/mol. The van der Waals surface area contributed by atoms with Crippen molar-refractivity contribution in [2.45, 2.75) is 32.5 Å². The summed E-state index contributed by atoms with van der Waals surface area (Å²) in [5.74, 6) is 0.121. The van der Waals surface area contributed by atoms with Crippen LogP contribution < -0.4 is 30.4 Å². The van der Waals surface area contributed by atoms with E-state index >= 15 is 0 Å². The number of carbonyl (C=O) groups is 3. The largest absolute Gasteiger partial charge is 0.494 e. The summed E-state index contributed by atoms with van der Waals surface area (Å²) >= 11 is 0. The molecule has 0 fully saturated rings. The van der Waals surface area contributed by atoms with Crippen LogP contribution in [-0.4, -0.2) is 36.5 Å². The number of anilines is 1. The molecular weight excluding hydrogens is 390 g/mol. The van der Waals surface area contributed by atoms with Crippen LogP contribution in [-0.2, 0) is 14.4 Å². The van der Waals surface area contributed by atoms with E-state index in [0.29, 0.717) is 29.5 Å². The fourth-order valence-electron chi connectivity index (χ4n) is 2.72. The van der Waals surface area contributed by atoms with Gasteiger partial charge < -0.3 is 19.5 Å². The molecule has 0 saturated heterocycles. The number of nitrogens with one attached hydrogen (secondary N) is 3. The highest BCUT2D eigenvalue weighted by atomic mass is 16.5. The molecule has 2 aromatic rings. The molecule has 0 spiro atoms. The Morgan fingerprint density at radius 1 is 1.10 bits per heavy atom. The van der Waals surface area contributed by atoms with Crippen molar-refractivity contribution in [1.82, 2.24) is 10.9 Å². The second kappa shape index (κ2) is 9.64. The maximum absolute atomic E-state index is 12.2. The lowest BCUT2D eigenvalue weighted by atomic mass is 10.1. The summed E-state index contributed by atoms with van der Waals surface area (Å²) in [4.78, 5) is 36.3. The smallest absolute Gasteiger partial charge is 0.279 e. The number of benzene rings is 2. The van der Waals surface area contributed by atoms with Gasteiger partial charge in [0.2, 0.25) is 5.91 Å². The van der Waals surface area contributed by atoms with Crippen LogP contribution in [0.1, 0.15) is 20.3 Å². The van der Waals surface area contributed by atoms with E-state index in [0.717, 1.165) is 0 Å². The molecule has 0 bridgehead atoms. The van der Waals surface area contributed by atoms with Gasteiger partial charge in [0.15, 0.2) is 12.2 Å². The highest BCUT2D eigenvalue weighted by Gasteiger charge is 2.29. The fraction of sp³-hybridized carbons (Fsp3) is 0.286. The molecule has 2 atom stereocenters. The molecule has 1 aliphatic rings. The molecule has 0 saturated carbocycles. The van der Waals surface area contributed by atoms with E-state index in [4.69, 9.17) is 14.2 Å². The average Bonchev–Trinajstić information content (AvgIpc) is 2.74. The first-order valence-corrected chi connectivity index (χ1v) is 9.51. The predicted octanol–water partition coefficient (Wildman–Crippen LogP) is 1.79. The lowest BCUT2D eigenvalue weighted by molar-refractivity contribution is -0.135. The molecule has 1 aliphatic heterocycles. The van der Waals surface area contributed by atoms with E-state index in [2.05, 4.69) is 16.2 Å². The van der Waals surface area contributed by atoms with Crippen molar-refractivity contribution in [3.05, 3.63) is 48.5 Å². The number of hydrogen-bond acceptors (Lipinski definition) is 6. The first-order valence-electron chi connectivity index (χ1n) is 9.51. The summed E-state index contributed by atoms with van der Waals surface area (Å²) in [5, 5.41) is 2.68. The number of ether oxygens (including phenoxy) is 3. The summed E-state index contributed by atoms with van der Waals surface area (Å²) in [7, 11) is 0. The minimum Gasteiger partial charge on any atom is -0.494 e. The highest BCUT2D eigenvalue weighted by Crippen LogP contribution is 2.29. The molecule has 0 unspecified atom stereocenters. The Balaban J connectivity index is 1.45. The van der Waals surface area contributed by atoms with E-state index in [1.807, 2.05) is 6.92 Å². The van der Waals surface area contributed by atoms with Gasteiger partial charge in [-0.1, -0.05) is 12.1 Å². The molecule has 30 heavy (non-hydrogen) atoms. The highest BCUT2D eigenvalue weighted by molar-refractivity contribution is 6.00. The van der Waals surface area contributed by atoms with Crippen LogP contribution in [0, 0.1) is 0 Å². The molecule has 1 heterocycles. The number of hydrazine groups is 1. The van der Waals surface area contributed by atoms with Crippen LogP contribution in [0.15, 0.2) is 48.5 Å². The van der Waals surface area contributed by atoms with Gasteiger partial charge in [-0.3, -0.25) is 25.2 Å². The molecule has 3 rings (SSSR count). The Morgan fingerprint density at radius 2 is 1.80 bits per heavy atom. The lowest BCUT2D eigenvalue weighted by Crippen LogP contribution is -2.49. The summed E-state index contributed by atoms with van der Waals surface area (Å²) < 4.78 is 16.4. The Morgan fingerprint density at radius 3 is 2.53 bits per heavy atom. The third-order valence-corrected chi connectivity index (χ3v) is 4.22. The van der Waals surface area contributed by atoms with Gasteiger partial charge in [-0.05, 0) is 50.2 Å². The number of rotatable bonds is 7. The molecule has 0 radical (unpaired) electrons. The first kappa shape index (κ1) is 21.0. The van der Waals surface area contributed by atoms with Gasteiger partial charge in [0, 0.05) is 0 Å². The van der Waals surface area contributed by atoms with Gasteiger partial charge in [-0.25, -0.2) is 0 Å². The minimum atomic E-state index is -0.991. The summed E-state index contributed by atoms with van der Waals surface area (Å²) in [6.45, 7) is 3.99. The molecule has 3 amide bonds. The monoisotopic (exact) mass is 413 g/mol. The normalized spacial score (nSPS) is 15.7. The molecule has 2 aromatic carbocycles. The quantitative estimate of drug-likeness (QED) is 0.596. The molecule has 0 aliphatic carbocycles. The maximum Gasteiger partial charge on any atom is 0.279 e. The van der Waals surface area contributed by atoms with Crippen LogP contribution in [0.4, 0.5) is 5.69 Å². The van der Waals surface area contributed by atoms with Crippen molar-refractivity contribution < 1.29 is 28.6 Å². The summed E-state index contributed by atoms with van der Waals surface area (Å²) in [6.07, 6.45) is -2.10. The van der Waals surface area contributed by atoms with Gasteiger partial charge >= 0.3 is 0 Å². The standard InChI is InChI=1S/C21H23N3O6/c1-3-28-14-8-10-15(11-9-14)29-13(2)20(26)24-23-19(25)12-18-21(27)22-16-6-4-5-7-17(16)30-18/h4-11,13,18H,3,12H2,1-2H3,(H,22,27)(H,23,25)(H,24,26)/t13-,18+/m0/s1. The maximum atomic E-state index is 12.2. The van der Waals surface area contributed by atoms with Gasteiger partial charge in [0.1, 0.15) is 17.2 Å². The fourth-order valence-corrected chi connectivity index (χ4v) is 2.72. The second-order valence-electron chi connectivity index (χ2n) is 6.50. The van der Waals surface area contributed by atoms with Crippen molar-refractivity contribution in [1.29, 1.82) is 0 Å². The van der Waals surface area contributed by atoms with Crippen LogP contribution in [0.5, 0.6) is 17.2 Å². The van der Waals surface area contributed by atoms with Gasteiger partial charge in [0.05, 0.1) is 18.7 Å². The summed E-state index contributed by atoms with van der Waals surface area (Å²) in [5.41, 5.74) is 5.10. The van der Waals surface area contributed by atoms with Crippen molar-refractivity contribution in [3.63, 3.8) is 0 Å². The molecule has 3 N–H and O–H groups in total. The molecule has 9 nitrogen and oxygen atoms in total. The van der Waals surface area contributed by atoms with Gasteiger partial charge in [0.25, 0.3) is 11.8 Å². The SMILES string of the molecule is CCOc1ccc(O[C@@H](C)C(=O)NNC(=O)C[C@H]2Oc3ccccc3NC2=O)cc1. The zero-order valence-electron chi connectivity index (χ0n) is 16.6. The molecule has 9 heteroatoms. The van der Waals surface area contributed by atoms with Crippen LogP contribution in [0.2, 0.25) is 0 Å². The lowest BCUT2D eigenvalue weighted by Gasteiger charge is -2.25. The third kappa shape index (κ3) is 5.40. The van der Waals surface area contributed by atoms with Crippen molar-refractivity contribution >= 4 is 23.4 Å². The van der Waals surface area contributed by atoms with Gasteiger partial charge in [-0.15, -0.1) is 0 Å². The Hall–Kier alpha value is -3.75. The van der Waals surface area contributed by atoms with E-state index in [9.17, 15) is 14.4 Å². The number of para-hydroxylation sites is 2. The molecular formula is C21H23N3O6. The zero-order chi connectivity index (χ0) is 21.5. The van der Waals surface area contributed by atoms with Crippen LogP contribution >= 0.6 is 0 Å². The van der Waals surface area contributed by atoms with Crippen LogP contribution in [0.3, 0.4) is 0 Å². The Labute approximate surface area is 173 Å². The van der Waals surface area contributed by atoms with Crippen molar-refractivity contribution in [3.8, 4) is 17.2 Å². The zero-order valence-corrected chi connectivity index (χ0v) is 16.6. The topological polar surface area (TPSA) is 115 Å². The first-order chi connectivity index (χ1) is 14.5. The number of fused-ring (bicyclic) bond motifs is 1. The number of amides is 3. The number of carbonyl (C=O) groups excluding carboxylic acids is 3. The van der Waals surface area contributed by atoms with Crippen molar-refractivity contribution in [2.24, 2.45) is 0 Å². The Kier molecular flexibility index (Phi) is 6.74. The Bertz CT molecular complexity index is 915.